The monoisotopic (exact) mass is 412 g/mol. The first-order valence-corrected chi connectivity index (χ1v) is 8.54. The van der Waals surface area contributed by atoms with E-state index < -0.39 is 29.3 Å². The lowest BCUT2D eigenvalue weighted by molar-refractivity contribution is -0.137. The maximum absolute atomic E-state index is 12.9. The Morgan fingerprint density at radius 2 is 2.00 bits per heavy atom. The van der Waals surface area contributed by atoms with Crippen LogP contribution in [-0.2, 0) is 18.0 Å². The number of carbonyl (C=O) groups is 1. The molecule has 3 rings (SSSR count). The van der Waals surface area contributed by atoms with Gasteiger partial charge < -0.3 is 10.1 Å². The Bertz CT molecular complexity index is 1060. The highest BCUT2D eigenvalue weighted by molar-refractivity contribution is 6.31. The summed E-state index contributed by atoms with van der Waals surface area (Å²) in [6.45, 7) is 3.30. The molecule has 1 aromatic carbocycles. The molecular formula is C18H16ClF3N4O2. The second-order valence-electron chi connectivity index (χ2n) is 6.24. The standard InChI is InChI=1S/C18H16ClF3N4O2/c1-9-6-10(2)23-16-15(9)17(25-26(16)3)28-8-14(27)24-11-4-5-13(19)12(7-11)18(20,21)22/h4-7H,8H2,1-3H3,(H,24,27). The number of aryl methyl sites for hydroxylation is 3. The van der Waals surface area contributed by atoms with Crippen molar-refractivity contribution in [3.63, 3.8) is 0 Å². The van der Waals surface area contributed by atoms with Crippen LogP contribution in [0.5, 0.6) is 5.88 Å². The van der Waals surface area contributed by atoms with Crippen LogP contribution in [0.15, 0.2) is 24.3 Å². The van der Waals surface area contributed by atoms with Crippen LogP contribution in [0.3, 0.4) is 0 Å². The molecular weight excluding hydrogens is 397 g/mol. The number of halogens is 4. The lowest BCUT2D eigenvalue weighted by Crippen LogP contribution is -2.21. The number of nitrogens with one attached hydrogen (secondary N) is 1. The van der Waals surface area contributed by atoms with E-state index in [2.05, 4.69) is 15.4 Å². The van der Waals surface area contributed by atoms with Gasteiger partial charge in [0.05, 0.1) is 16.0 Å². The molecule has 0 radical (unpaired) electrons. The molecule has 0 bridgehead atoms. The van der Waals surface area contributed by atoms with Gasteiger partial charge in [0.25, 0.3) is 5.91 Å². The van der Waals surface area contributed by atoms with Gasteiger partial charge in [0.1, 0.15) is 0 Å². The molecule has 0 aliphatic rings. The molecule has 0 unspecified atom stereocenters. The molecule has 10 heteroatoms. The van der Waals surface area contributed by atoms with E-state index in [1.165, 1.54) is 10.7 Å². The van der Waals surface area contributed by atoms with Gasteiger partial charge in [0.2, 0.25) is 5.88 Å². The van der Waals surface area contributed by atoms with Crippen molar-refractivity contribution in [3.8, 4) is 5.88 Å². The molecule has 0 spiro atoms. The van der Waals surface area contributed by atoms with E-state index in [4.69, 9.17) is 16.3 Å². The molecule has 0 aliphatic heterocycles. The predicted octanol–water partition coefficient (Wildman–Crippen LogP) is 4.27. The van der Waals surface area contributed by atoms with Crippen molar-refractivity contribution in [2.45, 2.75) is 20.0 Å². The number of hydrogen-bond donors (Lipinski definition) is 1. The normalized spacial score (nSPS) is 11.7. The van der Waals surface area contributed by atoms with E-state index in [0.717, 1.165) is 23.4 Å². The predicted molar refractivity (Wildman–Crippen MR) is 98.6 cm³/mol. The summed E-state index contributed by atoms with van der Waals surface area (Å²) in [4.78, 5) is 16.5. The Kier molecular flexibility index (Phi) is 5.20. The van der Waals surface area contributed by atoms with Gasteiger partial charge in [0.15, 0.2) is 12.3 Å². The zero-order valence-corrected chi connectivity index (χ0v) is 15.9. The van der Waals surface area contributed by atoms with Crippen molar-refractivity contribution in [1.29, 1.82) is 0 Å². The van der Waals surface area contributed by atoms with Gasteiger partial charge in [-0.3, -0.25) is 4.79 Å². The van der Waals surface area contributed by atoms with E-state index in [1.807, 2.05) is 19.9 Å². The van der Waals surface area contributed by atoms with Crippen LogP contribution >= 0.6 is 11.6 Å². The average Bonchev–Trinajstić information content (AvgIpc) is 2.90. The molecule has 2 aromatic heterocycles. The lowest BCUT2D eigenvalue weighted by Gasteiger charge is -2.12. The summed E-state index contributed by atoms with van der Waals surface area (Å²) in [6, 6.07) is 4.99. The molecule has 3 aromatic rings. The van der Waals surface area contributed by atoms with E-state index >= 15 is 0 Å². The lowest BCUT2D eigenvalue weighted by atomic mass is 10.2. The number of amides is 1. The van der Waals surface area contributed by atoms with Crippen LogP contribution in [0.1, 0.15) is 16.8 Å². The minimum Gasteiger partial charge on any atom is -0.466 e. The summed E-state index contributed by atoms with van der Waals surface area (Å²) in [5.74, 6) is -0.406. The maximum Gasteiger partial charge on any atom is 0.417 e. The van der Waals surface area contributed by atoms with Crippen molar-refractivity contribution in [3.05, 3.63) is 46.1 Å². The molecule has 0 saturated carbocycles. The highest BCUT2D eigenvalue weighted by Crippen LogP contribution is 2.36. The molecule has 2 heterocycles. The Morgan fingerprint density at radius 1 is 1.29 bits per heavy atom. The number of ether oxygens (including phenoxy) is 1. The number of alkyl halides is 3. The van der Waals surface area contributed by atoms with Crippen molar-refractivity contribution in [2.24, 2.45) is 7.05 Å². The SMILES string of the molecule is Cc1cc(C)c2c(OCC(=O)Nc3ccc(Cl)c(C(F)(F)F)c3)nn(C)c2n1. The number of anilines is 1. The number of rotatable bonds is 4. The Labute approximate surface area is 163 Å². The Balaban J connectivity index is 1.75. The van der Waals surface area contributed by atoms with Crippen LogP contribution in [-0.4, -0.2) is 27.3 Å². The van der Waals surface area contributed by atoms with Crippen LogP contribution in [0.25, 0.3) is 11.0 Å². The molecule has 0 fully saturated rings. The Hall–Kier alpha value is -2.81. The number of benzene rings is 1. The Morgan fingerprint density at radius 3 is 2.68 bits per heavy atom. The summed E-state index contributed by atoms with van der Waals surface area (Å²) in [6.07, 6.45) is -4.62. The van der Waals surface area contributed by atoms with Crippen molar-refractivity contribution < 1.29 is 22.7 Å². The van der Waals surface area contributed by atoms with E-state index in [0.29, 0.717) is 11.0 Å². The molecule has 0 aliphatic carbocycles. The van der Waals surface area contributed by atoms with Crippen molar-refractivity contribution in [2.75, 3.05) is 11.9 Å². The van der Waals surface area contributed by atoms with Gasteiger partial charge in [-0.2, -0.15) is 13.2 Å². The quantitative estimate of drug-likeness (QED) is 0.694. The fourth-order valence-corrected chi connectivity index (χ4v) is 3.03. The van der Waals surface area contributed by atoms with E-state index in [-0.39, 0.29) is 11.6 Å². The summed E-state index contributed by atoms with van der Waals surface area (Å²) in [5, 5.41) is 6.80. The van der Waals surface area contributed by atoms with Crippen LogP contribution in [0.4, 0.5) is 18.9 Å². The smallest absolute Gasteiger partial charge is 0.417 e. The highest BCUT2D eigenvalue weighted by atomic mass is 35.5. The summed E-state index contributed by atoms with van der Waals surface area (Å²) < 4.78 is 45.8. The minimum absolute atomic E-state index is 0.0373. The average molecular weight is 413 g/mol. The first kappa shape index (κ1) is 19.9. The second-order valence-corrected chi connectivity index (χ2v) is 6.64. The minimum atomic E-state index is -4.62. The molecule has 6 nitrogen and oxygen atoms in total. The van der Waals surface area contributed by atoms with Gasteiger partial charge >= 0.3 is 6.18 Å². The number of fused-ring (bicyclic) bond motifs is 1. The number of aromatic nitrogens is 3. The molecule has 0 atom stereocenters. The summed E-state index contributed by atoms with van der Waals surface area (Å²) >= 11 is 5.57. The van der Waals surface area contributed by atoms with Gasteiger partial charge in [-0.1, -0.05) is 11.6 Å². The summed E-state index contributed by atoms with van der Waals surface area (Å²) in [7, 11) is 1.70. The first-order chi connectivity index (χ1) is 13.1. The number of hydrogen-bond acceptors (Lipinski definition) is 4. The number of nitrogens with zero attached hydrogens (tertiary/aromatic N) is 3. The van der Waals surface area contributed by atoms with Gasteiger partial charge in [-0.25, -0.2) is 9.67 Å². The van der Waals surface area contributed by atoms with Crippen molar-refractivity contribution in [1.82, 2.24) is 14.8 Å². The topological polar surface area (TPSA) is 69.0 Å². The van der Waals surface area contributed by atoms with Crippen LogP contribution in [0, 0.1) is 13.8 Å². The maximum atomic E-state index is 12.9. The third-order valence-corrected chi connectivity index (χ3v) is 4.31. The van der Waals surface area contributed by atoms with Crippen LogP contribution < -0.4 is 10.1 Å². The molecule has 148 valence electrons. The molecule has 1 N–H and O–H groups in total. The van der Waals surface area contributed by atoms with E-state index in [9.17, 15) is 18.0 Å². The zero-order chi connectivity index (χ0) is 20.6. The zero-order valence-electron chi connectivity index (χ0n) is 15.2. The molecule has 28 heavy (non-hydrogen) atoms. The molecule has 1 amide bonds. The van der Waals surface area contributed by atoms with Gasteiger partial charge in [0, 0.05) is 18.4 Å². The fraction of sp³-hybridized carbons (Fsp3) is 0.278. The number of carbonyl (C=O) groups excluding carboxylic acids is 1. The summed E-state index contributed by atoms with van der Waals surface area (Å²) in [5.41, 5.74) is 1.25. The third kappa shape index (κ3) is 4.04. The van der Waals surface area contributed by atoms with Crippen molar-refractivity contribution >= 4 is 34.2 Å². The first-order valence-electron chi connectivity index (χ1n) is 8.16. The van der Waals surface area contributed by atoms with E-state index in [1.54, 1.807) is 7.05 Å². The van der Waals surface area contributed by atoms with Gasteiger partial charge in [-0.15, -0.1) is 5.10 Å². The largest absolute Gasteiger partial charge is 0.466 e. The highest BCUT2D eigenvalue weighted by Gasteiger charge is 2.33. The molecule has 0 saturated heterocycles. The number of pyridine rings is 1. The fourth-order valence-electron chi connectivity index (χ4n) is 2.80. The van der Waals surface area contributed by atoms with Crippen LogP contribution in [0.2, 0.25) is 5.02 Å². The third-order valence-electron chi connectivity index (χ3n) is 3.98. The second kappa shape index (κ2) is 7.31. The van der Waals surface area contributed by atoms with Gasteiger partial charge in [-0.05, 0) is 43.7 Å².